The molecule has 5 nitrogen and oxygen atoms in total. The fraction of sp³-hybridized carbons (Fsp3) is 0.500. The van der Waals surface area contributed by atoms with E-state index < -0.39 is 5.56 Å². The van der Waals surface area contributed by atoms with E-state index in [9.17, 15) is 14.0 Å². The topological polar surface area (TPSA) is 62.4 Å². The third kappa shape index (κ3) is 2.39. The first-order chi connectivity index (χ1) is 12.6. The molecule has 1 aliphatic carbocycles. The van der Waals surface area contributed by atoms with Gasteiger partial charge in [0.25, 0.3) is 11.5 Å². The molecule has 136 valence electrons. The number of hydrogen-bond donors (Lipinski definition) is 1. The summed E-state index contributed by atoms with van der Waals surface area (Å²) >= 11 is 0. The van der Waals surface area contributed by atoms with Crippen molar-refractivity contribution in [2.24, 2.45) is 11.3 Å². The molecule has 3 fully saturated rings. The number of likely N-dealkylation sites (tertiary alicyclic amines) is 1. The van der Waals surface area contributed by atoms with E-state index in [1.807, 2.05) is 4.90 Å². The lowest BCUT2D eigenvalue weighted by atomic mass is 9.64. The van der Waals surface area contributed by atoms with Gasteiger partial charge in [-0.25, -0.2) is 4.39 Å². The number of carbonyl (C=O) groups excluding carboxylic acids is 1. The largest absolute Gasteiger partial charge is 0.381 e. The highest BCUT2D eigenvalue weighted by atomic mass is 19.1. The molecule has 1 atom stereocenters. The number of ether oxygens (including phenoxy) is 1. The summed E-state index contributed by atoms with van der Waals surface area (Å²) in [5, 5.41) is 0.539. The zero-order chi connectivity index (χ0) is 17.9. The number of carbonyl (C=O) groups is 1. The zero-order valence-corrected chi connectivity index (χ0v) is 14.5. The Labute approximate surface area is 150 Å². The molecule has 1 aromatic heterocycles. The van der Waals surface area contributed by atoms with Gasteiger partial charge in [0, 0.05) is 42.1 Å². The number of fused-ring (bicyclic) bond motifs is 1. The van der Waals surface area contributed by atoms with Gasteiger partial charge in [0.05, 0.1) is 0 Å². The smallest absolute Gasteiger partial charge is 0.261 e. The number of aromatic amines is 1. The van der Waals surface area contributed by atoms with E-state index in [0.29, 0.717) is 23.4 Å². The predicted octanol–water partition coefficient (Wildman–Crippen LogP) is 2.70. The lowest BCUT2D eigenvalue weighted by molar-refractivity contribution is -0.120. The van der Waals surface area contributed by atoms with Gasteiger partial charge in [0.15, 0.2) is 0 Å². The van der Waals surface area contributed by atoms with E-state index in [4.69, 9.17) is 4.74 Å². The Morgan fingerprint density at radius 2 is 2.00 bits per heavy atom. The van der Waals surface area contributed by atoms with E-state index in [1.54, 1.807) is 0 Å². The molecular weight excluding hydrogens is 335 g/mol. The van der Waals surface area contributed by atoms with Crippen LogP contribution in [-0.2, 0) is 4.74 Å². The predicted molar refractivity (Wildman–Crippen MR) is 94.6 cm³/mol. The number of H-pyrrole nitrogens is 1. The molecule has 1 unspecified atom stereocenters. The van der Waals surface area contributed by atoms with Crippen LogP contribution in [0.1, 0.15) is 36.0 Å². The molecule has 2 aromatic rings. The van der Waals surface area contributed by atoms with Crippen LogP contribution in [0.3, 0.4) is 0 Å². The second-order valence-corrected chi connectivity index (χ2v) is 7.93. The Bertz CT molecular complexity index is 944. The van der Waals surface area contributed by atoms with Crippen molar-refractivity contribution < 1.29 is 13.9 Å². The number of nitrogens with zero attached hydrogens (tertiary/aromatic N) is 1. The van der Waals surface area contributed by atoms with Crippen LogP contribution in [0.25, 0.3) is 10.9 Å². The fourth-order valence-electron chi connectivity index (χ4n) is 4.84. The van der Waals surface area contributed by atoms with Crippen LogP contribution in [0, 0.1) is 17.2 Å². The van der Waals surface area contributed by atoms with Gasteiger partial charge in [0.1, 0.15) is 11.4 Å². The van der Waals surface area contributed by atoms with Crippen molar-refractivity contribution in [1.82, 2.24) is 9.88 Å². The third-order valence-electron chi connectivity index (χ3n) is 6.30. The second kappa shape index (κ2) is 5.64. The molecule has 0 radical (unpaired) electrons. The lowest BCUT2D eigenvalue weighted by Crippen LogP contribution is -2.68. The van der Waals surface area contributed by atoms with Crippen LogP contribution < -0.4 is 5.56 Å². The van der Waals surface area contributed by atoms with Crippen molar-refractivity contribution in [3.8, 4) is 0 Å². The van der Waals surface area contributed by atoms with Crippen LogP contribution in [0.2, 0.25) is 0 Å². The minimum Gasteiger partial charge on any atom is -0.381 e. The Hall–Kier alpha value is -2.21. The number of rotatable bonds is 2. The Balaban J connectivity index is 1.49. The van der Waals surface area contributed by atoms with Crippen LogP contribution in [0.15, 0.2) is 29.1 Å². The average molecular weight is 356 g/mol. The Morgan fingerprint density at radius 1 is 1.23 bits per heavy atom. The number of aromatic nitrogens is 1. The minimum atomic E-state index is -0.406. The highest BCUT2D eigenvalue weighted by molar-refractivity contribution is 5.98. The van der Waals surface area contributed by atoms with Crippen molar-refractivity contribution in [2.75, 3.05) is 19.8 Å². The van der Waals surface area contributed by atoms with Gasteiger partial charge < -0.3 is 14.6 Å². The van der Waals surface area contributed by atoms with Crippen LogP contribution in [0.5, 0.6) is 0 Å². The lowest BCUT2D eigenvalue weighted by Gasteiger charge is -2.59. The highest BCUT2D eigenvalue weighted by Crippen LogP contribution is 2.55. The average Bonchev–Trinajstić information content (AvgIpc) is 3.44. The van der Waals surface area contributed by atoms with E-state index in [1.165, 1.54) is 24.3 Å². The normalized spacial score (nSPS) is 24.7. The first-order valence-corrected chi connectivity index (χ1v) is 9.29. The van der Waals surface area contributed by atoms with Crippen molar-refractivity contribution in [1.29, 1.82) is 0 Å². The second-order valence-electron chi connectivity index (χ2n) is 7.93. The maximum atomic E-state index is 13.5. The molecule has 2 saturated heterocycles. The monoisotopic (exact) mass is 356 g/mol. The van der Waals surface area contributed by atoms with Crippen LogP contribution >= 0.6 is 0 Å². The zero-order valence-electron chi connectivity index (χ0n) is 14.5. The third-order valence-corrected chi connectivity index (χ3v) is 6.30. The summed E-state index contributed by atoms with van der Waals surface area (Å²) in [5.41, 5.74) is 0.397. The van der Waals surface area contributed by atoms with Crippen LogP contribution in [-0.4, -0.2) is 41.6 Å². The summed E-state index contributed by atoms with van der Waals surface area (Å²) in [7, 11) is 0. The van der Waals surface area contributed by atoms with Gasteiger partial charge in [-0.1, -0.05) is 0 Å². The summed E-state index contributed by atoms with van der Waals surface area (Å²) in [6, 6.07) is 5.90. The van der Waals surface area contributed by atoms with Crippen molar-refractivity contribution in [2.45, 2.75) is 31.7 Å². The van der Waals surface area contributed by atoms with Gasteiger partial charge in [-0.05, 0) is 55.9 Å². The molecule has 5 rings (SSSR count). The van der Waals surface area contributed by atoms with Gasteiger partial charge >= 0.3 is 0 Å². The summed E-state index contributed by atoms with van der Waals surface area (Å²) in [5.74, 6) is -0.0712. The molecule has 1 N–H and O–H groups in total. The van der Waals surface area contributed by atoms with E-state index in [-0.39, 0.29) is 28.7 Å². The first kappa shape index (κ1) is 16.0. The van der Waals surface area contributed by atoms with E-state index in [2.05, 4.69) is 4.98 Å². The minimum absolute atomic E-state index is 0.107. The molecule has 26 heavy (non-hydrogen) atoms. The van der Waals surface area contributed by atoms with E-state index in [0.717, 1.165) is 38.9 Å². The maximum Gasteiger partial charge on any atom is 0.261 e. The van der Waals surface area contributed by atoms with Gasteiger partial charge in [-0.3, -0.25) is 9.59 Å². The quantitative estimate of drug-likeness (QED) is 0.900. The number of benzene rings is 1. The summed E-state index contributed by atoms with van der Waals surface area (Å²) in [4.78, 5) is 30.2. The van der Waals surface area contributed by atoms with Crippen LogP contribution in [0.4, 0.5) is 4.39 Å². The number of pyridine rings is 1. The van der Waals surface area contributed by atoms with Gasteiger partial charge in [0.2, 0.25) is 0 Å². The molecule has 1 aromatic carbocycles. The molecule has 0 bridgehead atoms. The number of nitrogens with one attached hydrogen (secondary N) is 1. The molecule has 6 heteroatoms. The van der Waals surface area contributed by atoms with Gasteiger partial charge in [-0.2, -0.15) is 0 Å². The standard InChI is InChI=1S/C20H21FN2O3/c21-14-3-4-16-13(9-14)10-15(18(24)22-16)19(25)23-11-20(5-7-26-8-6-20)17(23)12-1-2-12/h3-4,9-10,12,17H,1-2,5-8,11H2,(H,22,24). The van der Waals surface area contributed by atoms with Gasteiger partial charge in [-0.15, -0.1) is 0 Å². The van der Waals surface area contributed by atoms with E-state index >= 15 is 0 Å². The van der Waals surface area contributed by atoms with Crippen molar-refractivity contribution in [3.05, 3.63) is 46.0 Å². The van der Waals surface area contributed by atoms with Crippen molar-refractivity contribution in [3.63, 3.8) is 0 Å². The molecule has 1 spiro atoms. The fourth-order valence-corrected chi connectivity index (χ4v) is 4.84. The Kier molecular flexibility index (Phi) is 3.47. The Morgan fingerprint density at radius 3 is 2.73 bits per heavy atom. The molecule has 2 aliphatic heterocycles. The highest BCUT2D eigenvalue weighted by Gasteiger charge is 2.59. The molecule has 3 heterocycles. The summed E-state index contributed by atoms with van der Waals surface area (Å²) < 4.78 is 19.0. The SMILES string of the molecule is O=C(c1cc2cc(F)ccc2[nH]c1=O)N1CC2(CCOCC2)C1C1CC1. The number of amides is 1. The van der Waals surface area contributed by atoms with Crippen molar-refractivity contribution >= 4 is 16.8 Å². The molecule has 3 aliphatic rings. The summed E-state index contributed by atoms with van der Waals surface area (Å²) in [6.45, 7) is 2.19. The summed E-state index contributed by atoms with van der Waals surface area (Å²) in [6.07, 6.45) is 4.27. The molecule has 1 saturated carbocycles. The molecule has 1 amide bonds. The number of halogens is 1. The maximum absolute atomic E-state index is 13.5. The first-order valence-electron chi connectivity index (χ1n) is 9.29. The molecular formula is C20H21FN2O3. The number of hydrogen-bond acceptors (Lipinski definition) is 3.